The molecule has 0 amide bonds. The largest absolute Gasteiger partial charge is 0.382 e. The molecular weight excluding hydrogens is 316 g/mol. The third kappa shape index (κ3) is 2.86. The van der Waals surface area contributed by atoms with Crippen LogP contribution in [0.15, 0.2) is 24.6 Å². The van der Waals surface area contributed by atoms with Gasteiger partial charge in [0, 0.05) is 6.42 Å². The van der Waals surface area contributed by atoms with E-state index in [2.05, 4.69) is 15.0 Å². The van der Waals surface area contributed by atoms with E-state index >= 15 is 0 Å². The van der Waals surface area contributed by atoms with Gasteiger partial charge in [-0.3, -0.25) is 4.57 Å². The molecule has 2 atom stereocenters. The summed E-state index contributed by atoms with van der Waals surface area (Å²) in [6, 6.07) is -0.430. The maximum Gasteiger partial charge on any atom is 0.351 e. The van der Waals surface area contributed by atoms with E-state index < -0.39 is 31.9 Å². The topological polar surface area (TPSA) is 136 Å². The maximum absolute atomic E-state index is 13.9. The SMILES string of the molecule is Nc1ncnc2c1ncn2C1C=C(F)[C@@H](OCP(=O)(O)O)C1. The summed E-state index contributed by atoms with van der Waals surface area (Å²) in [5.41, 5.74) is 6.56. The van der Waals surface area contributed by atoms with Gasteiger partial charge in [0.25, 0.3) is 0 Å². The van der Waals surface area contributed by atoms with Gasteiger partial charge in [0.15, 0.2) is 11.5 Å². The Morgan fingerprint density at radius 1 is 1.45 bits per heavy atom. The number of rotatable bonds is 4. The summed E-state index contributed by atoms with van der Waals surface area (Å²) in [6.07, 6.45) is 2.41. The van der Waals surface area contributed by atoms with Crippen molar-refractivity contribution in [2.75, 3.05) is 12.1 Å². The van der Waals surface area contributed by atoms with Crippen molar-refractivity contribution in [1.82, 2.24) is 19.5 Å². The first-order valence-corrected chi connectivity index (χ1v) is 8.11. The van der Waals surface area contributed by atoms with E-state index in [1.165, 1.54) is 18.7 Å². The number of allylic oxidation sites excluding steroid dienone is 1. The van der Waals surface area contributed by atoms with Crippen LogP contribution in [0.3, 0.4) is 0 Å². The highest BCUT2D eigenvalue weighted by molar-refractivity contribution is 7.51. The highest BCUT2D eigenvalue weighted by Crippen LogP contribution is 2.39. The Labute approximate surface area is 123 Å². The number of hydrogen-bond donors (Lipinski definition) is 3. The zero-order chi connectivity index (χ0) is 15.9. The molecule has 0 saturated carbocycles. The zero-order valence-electron chi connectivity index (χ0n) is 11.2. The molecule has 118 valence electrons. The lowest BCUT2D eigenvalue weighted by Gasteiger charge is -2.15. The van der Waals surface area contributed by atoms with Gasteiger partial charge in [0.2, 0.25) is 0 Å². The van der Waals surface area contributed by atoms with Gasteiger partial charge in [-0.25, -0.2) is 19.3 Å². The van der Waals surface area contributed by atoms with Crippen molar-refractivity contribution < 1.29 is 23.5 Å². The van der Waals surface area contributed by atoms with E-state index in [4.69, 9.17) is 20.3 Å². The Balaban J connectivity index is 1.82. The monoisotopic (exact) mass is 329 g/mol. The van der Waals surface area contributed by atoms with Gasteiger partial charge in [0.05, 0.1) is 12.4 Å². The van der Waals surface area contributed by atoms with Crippen molar-refractivity contribution >= 4 is 24.6 Å². The standard InChI is InChI=1S/C11H13FN5O4P/c12-7-1-6(2-8(7)21-5-22(18,19)20)17-4-16-9-10(13)14-3-15-11(9)17/h1,3-4,6,8H,2,5H2,(H2,13,14,15)(H2,18,19,20)/t6?,8-/m0/s1. The van der Waals surface area contributed by atoms with Crippen LogP contribution in [0.2, 0.25) is 0 Å². The summed E-state index contributed by atoms with van der Waals surface area (Å²) in [5.74, 6) is -0.358. The van der Waals surface area contributed by atoms with E-state index in [9.17, 15) is 8.96 Å². The minimum absolute atomic E-state index is 0.182. The number of anilines is 1. The van der Waals surface area contributed by atoms with Crippen molar-refractivity contribution in [2.45, 2.75) is 18.6 Å². The first-order chi connectivity index (χ1) is 10.3. The third-order valence-corrected chi connectivity index (χ3v) is 3.79. The molecule has 2 aromatic rings. The number of nitrogens with zero attached hydrogens (tertiary/aromatic N) is 4. The van der Waals surface area contributed by atoms with Gasteiger partial charge in [-0.2, -0.15) is 0 Å². The van der Waals surface area contributed by atoms with Crippen LogP contribution in [0.1, 0.15) is 12.5 Å². The smallest absolute Gasteiger partial charge is 0.351 e. The van der Waals surface area contributed by atoms with Crippen LogP contribution in [0.5, 0.6) is 0 Å². The van der Waals surface area contributed by atoms with E-state index in [-0.39, 0.29) is 12.2 Å². The molecule has 0 radical (unpaired) electrons. The second-order valence-corrected chi connectivity index (χ2v) is 6.47. The van der Waals surface area contributed by atoms with Crippen LogP contribution in [0.25, 0.3) is 11.2 Å². The summed E-state index contributed by atoms with van der Waals surface area (Å²) in [6.45, 7) is 0. The highest BCUT2D eigenvalue weighted by Gasteiger charge is 2.31. The lowest BCUT2D eigenvalue weighted by atomic mass is 10.2. The number of imidazole rings is 1. The summed E-state index contributed by atoms with van der Waals surface area (Å²) in [5, 5.41) is 0. The Hall–Kier alpha value is -1.87. The predicted molar refractivity (Wildman–Crippen MR) is 74.4 cm³/mol. The van der Waals surface area contributed by atoms with Gasteiger partial charge in [-0.1, -0.05) is 0 Å². The molecule has 11 heteroatoms. The molecule has 0 fully saturated rings. The quantitative estimate of drug-likeness (QED) is 0.698. The normalized spacial score (nSPS) is 22.2. The number of hydrogen-bond acceptors (Lipinski definition) is 6. The fourth-order valence-corrected chi connectivity index (χ4v) is 2.71. The van der Waals surface area contributed by atoms with E-state index in [1.807, 2.05) is 0 Å². The molecular formula is C11H13FN5O4P. The van der Waals surface area contributed by atoms with Crippen LogP contribution in [0.4, 0.5) is 10.2 Å². The minimum Gasteiger partial charge on any atom is -0.382 e. The van der Waals surface area contributed by atoms with Gasteiger partial charge in [0.1, 0.15) is 30.1 Å². The zero-order valence-corrected chi connectivity index (χ0v) is 12.1. The Bertz CT molecular complexity index is 788. The first kappa shape index (κ1) is 15.0. The van der Waals surface area contributed by atoms with Crippen LogP contribution in [-0.4, -0.2) is 41.8 Å². The molecule has 0 bridgehead atoms. The average Bonchev–Trinajstić information content (AvgIpc) is 3.00. The summed E-state index contributed by atoms with van der Waals surface area (Å²) < 4.78 is 31.2. The summed E-state index contributed by atoms with van der Waals surface area (Å²) in [7, 11) is -4.34. The molecule has 9 nitrogen and oxygen atoms in total. The van der Waals surface area contributed by atoms with Crippen molar-refractivity contribution in [1.29, 1.82) is 0 Å². The molecule has 3 rings (SSSR count). The molecule has 2 aromatic heterocycles. The number of aromatic nitrogens is 4. The summed E-state index contributed by atoms with van der Waals surface area (Å²) in [4.78, 5) is 29.6. The Kier molecular flexibility index (Phi) is 3.69. The molecule has 0 saturated heterocycles. The number of ether oxygens (including phenoxy) is 1. The van der Waals surface area contributed by atoms with Gasteiger partial charge < -0.3 is 24.8 Å². The lowest BCUT2D eigenvalue weighted by molar-refractivity contribution is 0.0816. The second-order valence-electron chi connectivity index (χ2n) is 4.89. The number of nitrogen functional groups attached to an aromatic ring is 1. The third-order valence-electron chi connectivity index (χ3n) is 3.30. The van der Waals surface area contributed by atoms with Gasteiger partial charge in [-0.05, 0) is 6.08 Å². The molecule has 1 aliphatic carbocycles. The molecule has 1 unspecified atom stereocenters. The van der Waals surface area contributed by atoms with Crippen molar-refractivity contribution in [3.8, 4) is 0 Å². The highest BCUT2D eigenvalue weighted by atomic mass is 31.2. The van der Waals surface area contributed by atoms with E-state index in [0.717, 1.165) is 0 Å². The van der Waals surface area contributed by atoms with E-state index in [1.54, 1.807) is 4.57 Å². The molecule has 0 aliphatic heterocycles. The fraction of sp³-hybridized carbons (Fsp3) is 0.364. The maximum atomic E-state index is 13.9. The molecule has 0 aromatic carbocycles. The Morgan fingerprint density at radius 2 is 2.23 bits per heavy atom. The molecule has 0 spiro atoms. The van der Waals surface area contributed by atoms with E-state index in [0.29, 0.717) is 11.2 Å². The molecule has 4 N–H and O–H groups in total. The second kappa shape index (κ2) is 5.40. The van der Waals surface area contributed by atoms with Crippen LogP contribution >= 0.6 is 7.60 Å². The van der Waals surface area contributed by atoms with Crippen LogP contribution in [-0.2, 0) is 9.30 Å². The van der Waals surface area contributed by atoms with Crippen LogP contribution < -0.4 is 5.73 Å². The Morgan fingerprint density at radius 3 is 2.95 bits per heavy atom. The minimum atomic E-state index is -4.34. The molecule has 2 heterocycles. The predicted octanol–water partition coefficient (Wildman–Crippen LogP) is 0.727. The average molecular weight is 329 g/mol. The van der Waals surface area contributed by atoms with Crippen molar-refractivity contribution in [3.05, 3.63) is 24.6 Å². The van der Waals surface area contributed by atoms with Crippen LogP contribution in [0, 0.1) is 0 Å². The van der Waals surface area contributed by atoms with Gasteiger partial charge >= 0.3 is 7.60 Å². The lowest BCUT2D eigenvalue weighted by Crippen LogP contribution is -2.14. The number of nitrogens with two attached hydrogens (primary N) is 1. The molecule has 22 heavy (non-hydrogen) atoms. The van der Waals surface area contributed by atoms with Crippen molar-refractivity contribution in [2.24, 2.45) is 0 Å². The summed E-state index contributed by atoms with van der Waals surface area (Å²) >= 11 is 0. The number of halogens is 1. The fourth-order valence-electron chi connectivity index (χ4n) is 2.33. The van der Waals surface area contributed by atoms with Crippen molar-refractivity contribution in [3.63, 3.8) is 0 Å². The first-order valence-electron chi connectivity index (χ1n) is 6.31. The molecule has 1 aliphatic rings. The van der Waals surface area contributed by atoms with Gasteiger partial charge in [-0.15, -0.1) is 0 Å². The number of fused-ring (bicyclic) bond motifs is 1.